The smallest absolute Gasteiger partial charge is 0.0992 e. The summed E-state index contributed by atoms with van der Waals surface area (Å²) in [5, 5.41) is 11.1. The van der Waals surface area contributed by atoms with Crippen LogP contribution in [0.25, 0.3) is 0 Å². The van der Waals surface area contributed by atoms with Crippen LogP contribution in [-0.2, 0) is 6.54 Å². The third-order valence-corrected chi connectivity index (χ3v) is 5.25. The standard InChI is InChI=1S/C16H16BrN3S/c17-15-10-13(11-18)3-4-16(15)20-7-5-19(6-8-20)12-14-2-1-9-21-14/h1-4,9-10H,5-8,12H2. The molecule has 1 aliphatic rings. The van der Waals surface area contributed by atoms with E-state index in [1.54, 1.807) is 0 Å². The SMILES string of the molecule is N#Cc1ccc(N2CCN(Cc3cccs3)CC2)c(Br)c1. The van der Waals surface area contributed by atoms with Gasteiger partial charge in [0.15, 0.2) is 0 Å². The summed E-state index contributed by atoms with van der Waals surface area (Å²) in [4.78, 5) is 6.32. The number of piperazine rings is 1. The highest BCUT2D eigenvalue weighted by atomic mass is 79.9. The zero-order valence-corrected chi connectivity index (χ0v) is 14.0. The van der Waals surface area contributed by atoms with Crippen molar-refractivity contribution in [2.24, 2.45) is 0 Å². The molecule has 0 aliphatic carbocycles. The third-order valence-electron chi connectivity index (χ3n) is 3.75. The van der Waals surface area contributed by atoms with Gasteiger partial charge in [-0.05, 0) is 45.6 Å². The molecule has 2 aromatic rings. The molecule has 5 heteroatoms. The average Bonchev–Trinajstić information content (AvgIpc) is 3.01. The summed E-state index contributed by atoms with van der Waals surface area (Å²) in [6, 6.07) is 12.3. The molecule has 0 unspecified atom stereocenters. The summed E-state index contributed by atoms with van der Waals surface area (Å²) in [7, 11) is 0. The number of benzene rings is 1. The minimum Gasteiger partial charge on any atom is -0.368 e. The topological polar surface area (TPSA) is 30.3 Å². The Labute approximate surface area is 137 Å². The van der Waals surface area contributed by atoms with Gasteiger partial charge in [-0.2, -0.15) is 5.26 Å². The van der Waals surface area contributed by atoms with Crippen LogP contribution in [0.2, 0.25) is 0 Å². The van der Waals surface area contributed by atoms with Crippen LogP contribution < -0.4 is 4.90 Å². The van der Waals surface area contributed by atoms with E-state index in [2.05, 4.69) is 49.3 Å². The number of halogens is 1. The molecule has 1 aromatic carbocycles. The van der Waals surface area contributed by atoms with Crippen molar-refractivity contribution in [2.75, 3.05) is 31.1 Å². The van der Waals surface area contributed by atoms with Crippen LogP contribution >= 0.6 is 27.3 Å². The van der Waals surface area contributed by atoms with Gasteiger partial charge in [0.1, 0.15) is 0 Å². The predicted octanol–water partition coefficient (Wildman–Crippen LogP) is 3.70. The van der Waals surface area contributed by atoms with Crippen LogP contribution in [0.5, 0.6) is 0 Å². The Kier molecular flexibility index (Phi) is 4.59. The zero-order valence-electron chi connectivity index (χ0n) is 11.6. The number of anilines is 1. The van der Waals surface area contributed by atoms with Gasteiger partial charge in [-0.3, -0.25) is 4.90 Å². The second-order valence-electron chi connectivity index (χ2n) is 5.12. The molecule has 0 N–H and O–H groups in total. The first-order chi connectivity index (χ1) is 10.3. The van der Waals surface area contributed by atoms with Crippen molar-refractivity contribution in [1.29, 1.82) is 5.26 Å². The summed E-state index contributed by atoms with van der Waals surface area (Å²) in [6.45, 7) is 5.25. The molecule has 1 saturated heterocycles. The molecule has 3 nitrogen and oxygen atoms in total. The second kappa shape index (κ2) is 6.61. The van der Waals surface area contributed by atoms with Gasteiger partial charge < -0.3 is 4.90 Å². The van der Waals surface area contributed by atoms with Crippen molar-refractivity contribution in [1.82, 2.24) is 4.90 Å². The Hall–Kier alpha value is -1.35. The Bertz CT molecular complexity index is 640. The lowest BCUT2D eigenvalue weighted by atomic mass is 10.2. The van der Waals surface area contributed by atoms with E-state index in [-0.39, 0.29) is 0 Å². The van der Waals surface area contributed by atoms with Crippen molar-refractivity contribution in [2.45, 2.75) is 6.54 Å². The highest BCUT2D eigenvalue weighted by Crippen LogP contribution is 2.28. The Morgan fingerprint density at radius 2 is 2.00 bits per heavy atom. The molecule has 0 atom stereocenters. The first kappa shape index (κ1) is 14.6. The largest absolute Gasteiger partial charge is 0.368 e. The molecular formula is C16H16BrN3S. The normalized spacial score (nSPS) is 15.9. The molecule has 1 aromatic heterocycles. The number of nitriles is 1. The maximum absolute atomic E-state index is 8.93. The summed E-state index contributed by atoms with van der Waals surface area (Å²) in [5.41, 5.74) is 1.88. The molecule has 108 valence electrons. The minimum atomic E-state index is 0.696. The molecule has 1 aliphatic heterocycles. The van der Waals surface area contributed by atoms with E-state index in [9.17, 15) is 0 Å². The van der Waals surface area contributed by atoms with Gasteiger partial charge in [-0.25, -0.2) is 0 Å². The Balaban J connectivity index is 1.62. The van der Waals surface area contributed by atoms with Crippen molar-refractivity contribution in [3.05, 3.63) is 50.6 Å². The number of hydrogen-bond acceptors (Lipinski definition) is 4. The first-order valence-corrected chi connectivity index (χ1v) is 8.63. The van der Waals surface area contributed by atoms with Gasteiger partial charge in [0.2, 0.25) is 0 Å². The van der Waals surface area contributed by atoms with E-state index in [4.69, 9.17) is 5.26 Å². The fraction of sp³-hybridized carbons (Fsp3) is 0.312. The fourth-order valence-corrected chi connectivity index (χ4v) is 3.98. The lowest BCUT2D eigenvalue weighted by Crippen LogP contribution is -2.46. The van der Waals surface area contributed by atoms with E-state index in [1.165, 1.54) is 10.6 Å². The molecule has 0 bridgehead atoms. The second-order valence-corrected chi connectivity index (χ2v) is 7.01. The van der Waals surface area contributed by atoms with Crippen LogP contribution in [0.4, 0.5) is 5.69 Å². The van der Waals surface area contributed by atoms with Crippen LogP contribution in [0.1, 0.15) is 10.4 Å². The Morgan fingerprint density at radius 3 is 2.62 bits per heavy atom. The fourth-order valence-electron chi connectivity index (χ4n) is 2.60. The van der Waals surface area contributed by atoms with Gasteiger partial charge >= 0.3 is 0 Å². The summed E-state index contributed by atoms with van der Waals surface area (Å²) < 4.78 is 1.01. The quantitative estimate of drug-likeness (QED) is 0.834. The van der Waals surface area contributed by atoms with E-state index < -0.39 is 0 Å². The van der Waals surface area contributed by atoms with Gasteiger partial charge in [0.05, 0.1) is 17.3 Å². The monoisotopic (exact) mass is 361 g/mol. The molecule has 3 rings (SSSR count). The summed E-state index contributed by atoms with van der Waals surface area (Å²) in [6.07, 6.45) is 0. The number of rotatable bonds is 3. The maximum Gasteiger partial charge on any atom is 0.0992 e. The molecule has 2 heterocycles. The predicted molar refractivity (Wildman–Crippen MR) is 90.7 cm³/mol. The lowest BCUT2D eigenvalue weighted by Gasteiger charge is -2.36. The van der Waals surface area contributed by atoms with Crippen LogP contribution in [0.3, 0.4) is 0 Å². The number of thiophene rings is 1. The third kappa shape index (κ3) is 3.46. The average molecular weight is 362 g/mol. The van der Waals surface area contributed by atoms with Gasteiger partial charge in [-0.15, -0.1) is 11.3 Å². The van der Waals surface area contributed by atoms with Crippen LogP contribution in [0, 0.1) is 11.3 Å². The molecule has 21 heavy (non-hydrogen) atoms. The van der Waals surface area contributed by atoms with E-state index in [0.29, 0.717) is 5.56 Å². The van der Waals surface area contributed by atoms with E-state index in [1.807, 2.05) is 29.5 Å². The van der Waals surface area contributed by atoms with Crippen LogP contribution in [-0.4, -0.2) is 31.1 Å². The van der Waals surface area contributed by atoms with Gasteiger partial charge in [0.25, 0.3) is 0 Å². The summed E-state index contributed by atoms with van der Waals surface area (Å²) >= 11 is 5.41. The first-order valence-electron chi connectivity index (χ1n) is 6.95. The maximum atomic E-state index is 8.93. The zero-order chi connectivity index (χ0) is 14.7. The molecule has 0 amide bonds. The Morgan fingerprint density at radius 1 is 1.19 bits per heavy atom. The van der Waals surface area contributed by atoms with Crippen molar-refractivity contribution < 1.29 is 0 Å². The molecule has 0 radical (unpaired) electrons. The highest BCUT2D eigenvalue weighted by molar-refractivity contribution is 9.10. The molecule has 1 fully saturated rings. The number of hydrogen-bond donors (Lipinski definition) is 0. The van der Waals surface area contributed by atoms with Gasteiger partial charge in [-0.1, -0.05) is 6.07 Å². The molecule has 0 saturated carbocycles. The molecular weight excluding hydrogens is 346 g/mol. The van der Waals surface area contributed by atoms with Crippen molar-refractivity contribution in [3.8, 4) is 6.07 Å². The number of nitrogens with zero attached hydrogens (tertiary/aromatic N) is 3. The van der Waals surface area contributed by atoms with E-state index in [0.717, 1.165) is 37.2 Å². The van der Waals surface area contributed by atoms with E-state index >= 15 is 0 Å². The van der Waals surface area contributed by atoms with Crippen LogP contribution in [0.15, 0.2) is 40.2 Å². The minimum absolute atomic E-state index is 0.696. The lowest BCUT2D eigenvalue weighted by molar-refractivity contribution is 0.252. The summed E-state index contributed by atoms with van der Waals surface area (Å²) in [5.74, 6) is 0. The van der Waals surface area contributed by atoms with Crippen molar-refractivity contribution >= 4 is 33.0 Å². The van der Waals surface area contributed by atoms with Gasteiger partial charge in [0, 0.05) is 42.1 Å². The highest BCUT2D eigenvalue weighted by Gasteiger charge is 2.19. The van der Waals surface area contributed by atoms with Crippen molar-refractivity contribution in [3.63, 3.8) is 0 Å². The molecule has 0 spiro atoms.